The van der Waals surface area contributed by atoms with Crippen molar-refractivity contribution >= 4 is 5.91 Å². The van der Waals surface area contributed by atoms with E-state index in [-0.39, 0.29) is 5.91 Å². The minimum atomic E-state index is 0.243. The van der Waals surface area contributed by atoms with Crippen LogP contribution in [0.5, 0.6) is 0 Å². The average molecular weight is 412 g/mol. The number of hydrogen-bond acceptors (Lipinski definition) is 1. The second-order valence-corrected chi connectivity index (χ2v) is 10.1. The topological polar surface area (TPSA) is 29.1 Å². The first kappa shape index (κ1) is 28.4. The molecule has 0 aromatic heterocycles. The number of amides is 1. The third-order valence-corrected chi connectivity index (χ3v) is 5.84. The summed E-state index contributed by atoms with van der Waals surface area (Å²) in [5, 5.41) is 3.06. The minimum Gasteiger partial charge on any atom is -0.356 e. The van der Waals surface area contributed by atoms with E-state index in [1.165, 1.54) is 103 Å². The highest BCUT2D eigenvalue weighted by atomic mass is 16.1. The van der Waals surface area contributed by atoms with Gasteiger partial charge in [0.1, 0.15) is 0 Å². The van der Waals surface area contributed by atoms with Crippen LogP contribution in [0.25, 0.3) is 0 Å². The Morgan fingerprint density at radius 3 is 1.34 bits per heavy atom. The molecule has 0 saturated carbocycles. The molecule has 0 aromatic rings. The SMILES string of the molecule is CCCCCCCCCCCCCCCCCCCC(=O)NCCC[N+](C)(C)C. The molecule has 0 aliphatic heterocycles. The fourth-order valence-electron chi connectivity index (χ4n) is 3.88. The van der Waals surface area contributed by atoms with E-state index in [2.05, 4.69) is 33.4 Å². The summed E-state index contributed by atoms with van der Waals surface area (Å²) in [5.74, 6) is 0.243. The van der Waals surface area contributed by atoms with Crippen LogP contribution in [-0.4, -0.2) is 44.6 Å². The molecule has 29 heavy (non-hydrogen) atoms. The number of quaternary nitrogens is 1. The Kier molecular flexibility index (Phi) is 20.3. The standard InChI is InChI=1S/C26H54N2O/c1-5-6-7-8-9-10-11-12-13-14-15-16-17-18-19-20-21-23-26(29)27-24-22-25-28(2,3)4/h5-25H2,1-4H3/p+1. The van der Waals surface area contributed by atoms with E-state index in [9.17, 15) is 4.79 Å². The second kappa shape index (κ2) is 20.7. The molecule has 0 rings (SSSR count). The summed E-state index contributed by atoms with van der Waals surface area (Å²) in [6.07, 6.45) is 25.3. The fourth-order valence-corrected chi connectivity index (χ4v) is 3.88. The predicted octanol–water partition coefficient (Wildman–Crippen LogP) is 7.24. The Bertz CT molecular complexity index is 349. The summed E-state index contributed by atoms with van der Waals surface area (Å²) in [6, 6.07) is 0. The van der Waals surface area contributed by atoms with Crippen LogP contribution in [-0.2, 0) is 4.79 Å². The van der Waals surface area contributed by atoms with Crippen LogP contribution in [0.3, 0.4) is 0 Å². The van der Waals surface area contributed by atoms with Gasteiger partial charge in [0.25, 0.3) is 0 Å². The fraction of sp³-hybridized carbons (Fsp3) is 0.962. The summed E-state index contributed by atoms with van der Waals surface area (Å²) in [7, 11) is 6.58. The van der Waals surface area contributed by atoms with Gasteiger partial charge in [-0.2, -0.15) is 0 Å². The van der Waals surface area contributed by atoms with E-state index in [4.69, 9.17) is 0 Å². The maximum absolute atomic E-state index is 11.8. The molecule has 0 spiro atoms. The molecule has 0 bridgehead atoms. The maximum atomic E-state index is 11.8. The van der Waals surface area contributed by atoms with E-state index >= 15 is 0 Å². The third-order valence-electron chi connectivity index (χ3n) is 5.84. The van der Waals surface area contributed by atoms with Crippen molar-refractivity contribution in [2.45, 2.75) is 129 Å². The smallest absolute Gasteiger partial charge is 0.219 e. The first-order valence-corrected chi connectivity index (χ1v) is 13.0. The molecule has 1 amide bonds. The number of carbonyl (C=O) groups excluding carboxylic acids is 1. The average Bonchev–Trinajstić information content (AvgIpc) is 2.67. The van der Waals surface area contributed by atoms with Gasteiger partial charge in [-0.05, 0) is 6.42 Å². The van der Waals surface area contributed by atoms with Crippen LogP contribution in [0.15, 0.2) is 0 Å². The van der Waals surface area contributed by atoms with Gasteiger partial charge < -0.3 is 9.80 Å². The third kappa shape index (κ3) is 25.4. The predicted molar refractivity (Wildman–Crippen MR) is 129 cm³/mol. The highest BCUT2D eigenvalue weighted by Crippen LogP contribution is 2.14. The first-order valence-electron chi connectivity index (χ1n) is 13.0. The summed E-state index contributed by atoms with van der Waals surface area (Å²) >= 11 is 0. The van der Waals surface area contributed by atoms with Crippen molar-refractivity contribution in [3.8, 4) is 0 Å². The summed E-state index contributed by atoms with van der Waals surface area (Å²) < 4.78 is 0.967. The van der Waals surface area contributed by atoms with Crippen molar-refractivity contribution in [2.75, 3.05) is 34.2 Å². The molecule has 0 radical (unpaired) electrons. The highest BCUT2D eigenvalue weighted by molar-refractivity contribution is 5.75. The van der Waals surface area contributed by atoms with Gasteiger partial charge in [0, 0.05) is 19.4 Å². The van der Waals surface area contributed by atoms with Crippen molar-refractivity contribution in [1.82, 2.24) is 5.32 Å². The molecule has 174 valence electrons. The van der Waals surface area contributed by atoms with Crippen LogP contribution < -0.4 is 5.32 Å². The molecule has 1 N–H and O–H groups in total. The molecule has 0 fully saturated rings. The number of nitrogens with one attached hydrogen (secondary N) is 1. The van der Waals surface area contributed by atoms with E-state index in [1.54, 1.807) is 0 Å². The summed E-state index contributed by atoms with van der Waals surface area (Å²) in [6.45, 7) is 4.23. The zero-order valence-corrected chi connectivity index (χ0v) is 20.7. The van der Waals surface area contributed by atoms with E-state index < -0.39 is 0 Å². The number of unbranched alkanes of at least 4 members (excludes halogenated alkanes) is 16. The van der Waals surface area contributed by atoms with Crippen LogP contribution in [0.2, 0.25) is 0 Å². The molecule has 0 saturated heterocycles. The summed E-state index contributed by atoms with van der Waals surface area (Å²) in [4.78, 5) is 11.8. The zero-order chi connectivity index (χ0) is 21.6. The second-order valence-electron chi connectivity index (χ2n) is 10.1. The molecule has 3 heteroatoms. The van der Waals surface area contributed by atoms with Gasteiger partial charge in [-0.1, -0.05) is 110 Å². The minimum absolute atomic E-state index is 0.243. The molecule has 0 aromatic carbocycles. The van der Waals surface area contributed by atoms with Gasteiger partial charge in [0.2, 0.25) is 5.91 Å². The molecule has 0 aliphatic carbocycles. The lowest BCUT2D eigenvalue weighted by molar-refractivity contribution is -0.870. The lowest BCUT2D eigenvalue weighted by Gasteiger charge is -2.23. The van der Waals surface area contributed by atoms with Gasteiger partial charge in [0.05, 0.1) is 27.7 Å². The zero-order valence-electron chi connectivity index (χ0n) is 20.7. The van der Waals surface area contributed by atoms with Gasteiger partial charge in [-0.3, -0.25) is 4.79 Å². The first-order chi connectivity index (χ1) is 14.0. The maximum Gasteiger partial charge on any atom is 0.219 e. The van der Waals surface area contributed by atoms with E-state index in [0.717, 1.165) is 30.4 Å². The number of hydrogen-bond donors (Lipinski definition) is 1. The van der Waals surface area contributed by atoms with Crippen molar-refractivity contribution in [3.63, 3.8) is 0 Å². The van der Waals surface area contributed by atoms with Crippen molar-refractivity contribution < 1.29 is 9.28 Å². The van der Waals surface area contributed by atoms with Crippen molar-refractivity contribution in [1.29, 1.82) is 0 Å². The quantitative estimate of drug-likeness (QED) is 0.148. The normalized spacial score (nSPS) is 11.7. The molecule has 0 aliphatic rings. The van der Waals surface area contributed by atoms with Crippen LogP contribution in [0.1, 0.15) is 129 Å². The molecule has 0 unspecified atom stereocenters. The largest absolute Gasteiger partial charge is 0.356 e. The Labute approximate surface area is 184 Å². The summed E-state index contributed by atoms with van der Waals surface area (Å²) in [5.41, 5.74) is 0. The Morgan fingerprint density at radius 1 is 0.586 bits per heavy atom. The Balaban J connectivity index is 3.15. The van der Waals surface area contributed by atoms with Gasteiger partial charge >= 0.3 is 0 Å². The van der Waals surface area contributed by atoms with Gasteiger partial charge in [0.15, 0.2) is 0 Å². The number of rotatable bonds is 22. The van der Waals surface area contributed by atoms with Crippen LogP contribution in [0, 0.1) is 0 Å². The monoisotopic (exact) mass is 411 g/mol. The van der Waals surface area contributed by atoms with Gasteiger partial charge in [-0.25, -0.2) is 0 Å². The highest BCUT2D eigenvalue weighted by Gasteiger charge is 2.06. The van der Waals surface area contributed by atoms with E-state index in [1.807, 2.05) is 0 Å². The Morgan fingerprint density at radius 2 is 0.966 bits per heavy atom. The lowest BCUT2D eigenvalue weighted by atomic mass is 10.0. The Hall–Kier alpha value is -0.570. The molecular formula is C26H55N2O+. The molecule has 0 heterocycles. The van der Waals surface area contributed by atoms with E-state index in [0.29, 0.717) is 6.42 Å². The molecular weight excluding hydrogens is 356 g/mol. The molecule has 3 nitrogen and oxygen atoms in total. The number of nitrogens with zero attached hydrogens (tertiary/aromatic N) is 1. The molecule has 0 atom stereocenters. The number of carbonyl (C=O) groups is 1. The van der Waals surface area contributed by atoms with Crippen LogP contribution in [0.4, 0.5) is 0 Å². The van der Waals surface area contributed by atoms with Crippen LogP contribution >= 0.6 is 0 Å². The van der Waals surface area contributed by atoms with Crippen molar-refractivity contribution in [3.05, 3.63) is 0 Å². The van der Waals surface area contributed by atoms with Crippen molar-refractivity contribution in [2.24, 2.45) is 0 Å². The van der Waals surface area contributed by atoms with Gasteiger partial charge in [-0.15, -0.1) is 0 Å². The lowest BCUT2D eigenvalue weighted by Crippen LogP contribution is -2.37.